The number of hydrogen-bond donors (Lipinski definition) is 0. The van der Waals surface area contributed by atoms with Crippen LogP contribution in [0, 0.1) is 23.2 Å². The fourth-order valence-corrected chi connectivity index (χ4v) is 3.33. The SMILES string of the molecule is C=C(C)[C@H]1CC(=O)[C@@]2(C)[C@H](CC=C[C@@H]2C)C1. The Hall–Kier alpha value is -0.850. The molecule has 0 aliphatic heterocycles. The van der Waals surface area contributed by atoms with Crippen LogP contribution in [0.1, 0.15) is 40.0 Å². The molecule has 0 unspecified atom stereocenters. The topological polar surface area (TPSA) is 17.1 Å². The summed E-state index contributed by atoms with van der Waals surface area (Å²) in [5, 5.41) is 0. The molecular formula is C15H22O. The van der Waals surface area contributed by atoms with Gasteiger partial charge in [0.25, 0.3) is 0 Å². The Morgan fingerprint density at radius 1 is 1.56 bits per heavy atom. The Morgan fingerprint density at radius 2 is 2.25 bits per heavy atom. The third-order valence-electron chi connectivity index (χ3n) is 4.94. The molecule has 0 heterocycles. The highest BCUT2D eigenvalue weighted by Gasteiger charge is 2.49. The molecule has 4 atom stereocenters. The van der Waals surface area contributed by atoms with Crippen molar-refractivity contribution in [2.24, 2.45) is 23.2 Å². The average Bonchev–Trinajstić information content (AvgIpc) is 2.22. The highest BCUT2D eigenvalue weighted by Crippen LogP contribution is 2.51. The standard InChI is InChI=1S/C15H22O/c1-10(2)12-8-13-7-5-6-11(3)15(13,4)14(16)9-12/h5-6,11-13H,1,7-9H2,2-4H3/t11-,12+,13+,15+/m0/s1. The summed E-state index contributed by atoms with van der Waals surface area (Å²) in [6.07, 6.45) is 7.39. The minimum Gasteiger partial charge on any atom is -0.299 e. The lowest BCUT2D eigenvalue weighted by molar-refractivity contribution is -0.138. The predicted molar refractivity (Wildman–Crippen MR) is 67.1 cm³/mol. The first-order chi connectivity index (χ1) is 7.46. The summed E-state index contributed by atoms with van der Waals surface area (Å²) in [6.45, 7) is 10.4. The van der Waals surface area contributed by atoms with Crippen molar-refractivity contribution in [2.75, 3.05) is 0 Å². The number of allylic oxidation sites excluding steroid dienone is 3. The third kappa shape index (κ3) is 1.57. The lowest BCUT2D eigenvalue weighted by Crippen LogP contribution is -2.47. The molecule has 1 nitrogen and oxygen atoms in total. The number of hydrogen-bond acceptors (Lipinski definition) is 1. The molecule has 2 rings (SSSR count). The van der Waals surface area contributed by atoms with Crippen LogP contribution in [0.25, 0.3) is 0 Å². The first-order valence-electron chi connectivity index (χ1n) is 6.31. The Balaban J connectivity index is 2.30. The molecule has 0 spiro atoms. The number of rotatable bonds is 1. The molecule has 16 heavy (non-hydrogen) atoms. The molecule has 1 saturated carbocycles. The summed E-state index contributed by atoms with van der Waals surface area (Å²) in [5.74, 6) is 1.79. The van der Waals surface area contributed by atoms with Crippen molar-refractivity contribution >= 4 is 5.78 Å². The molecule has 0 amide bonds. The lowest BCUT2D eigenvalue weighted by atomic mass is 9.55. The zero-order chi connectivity index (χ0) is 11.9. The minimum absolute atomic E-state index is 0.110. The van der Waals surface area contributed by atoms with Gasteiger partial charge in [-0.15, -0.1) is 0 Å². The molecule has 0 aromatic rings. The van der Waals surface area contributed by atoms with Crippen molar-refractivity contribution < 1.29 is 4.79 Å². The van der Waals surface area contributed by atoms with E-state index >= 15 is 0 Å². The Bertz CT molecular complexity index is 352. The van der Waals surface area contributed by atoms with Crippen molar-refractivity contribution in [2.45, 2.75) is 40.0 Å². The number of carbonyl (C=O) groups excluding carboxylic acids is 1. The van der Waals surface area contributed by atoms with Gasteiger partial charge in [0.15, 0.2) is 0 Å². The predicted octanol–water partition coefficient (Wildman–Crippen LogP) is 3.76. The van der Waals surface area contributed by atoms with Gasteiger partial charge in [0, 0.05) is 11.8 Å². The maximum absolute atomic E-state index is 12.4. The maximum Gasteiger partial charge on any atom is 0.140 e. The molecular weight excluding hydrogens is 196 g/mol. The molecule has 88 valence electrons. The monoisotopic (exact) mass is 218 g/mol. The largest absolute Gasteiger partial charge is 0.299 e. The van der Waals surface area contributed by atoms with Crippen LogP contribution in [0.5, 0.6) is 0 Å². The molecule has 0 saturated heterocycles. The summed E-state index contributed by atoms with van der Waals surface area (Å²) in [7, 11) is 0. The van der Waals surface area contributed by atoms with Gasteiger partial charge in [-0.05, 0) is 37.5 Å². The zero-order valence-electron chi connectivity index (χ0n) is 10.6. The average molecular weight is 218 g/mol. The van der Waals surface area contributed by atoms with Crippen molar-refractivity contribution in [1.29, 1.82) is 0 Å². The fourth-order valence-electron chi connectivity index (χ4n) is 3.33. The molecule has 2 aliphatic rings. The van der Waals surface area contributed by atoms with E-state index in [9.17, 15) is 4.79 Å². The molecule has 0 bridgehead atoms. The van der Waals surface area contributed by atoms with Gasteiger partial charge in [0.05, 0.1) is 0 Å². The molecule has 1 fully saturated rings. The van der Waals surface area contributed by atoms with E-state index in [0.29, 0.717) is 30.0 Å². The van der Waals surface area contributed by atoms with Gasteiger partial charge in [0.2, 0.25) is 0 Å². The number of fused-ring (bicyclic) bond motifs is 1. The van der Waals surface area contributed by atoms with Crippen LogP contribution in [-0.2, 0) is 4.79 Å². The van der Waals surface area contributed by atoms with E-state index in [1.807, 2.05) is 0 Å². The van der Waals surface area contributed by atoms with E-state index in [0.717, 1.165) is 12.8 Å². The second-order valence-electron chi connectivity index (χ2n) is 5.84. The van der Waals surface area contributed by atoms with Crippen LogP contribution in [0.4, 0.5) is 0 Å². The second-order valence-corrected chi connectivity index (χ2v) is 5.84. The van der Waals surface area contributed by atoms with Crippen molar-refractivity contribution in [3.05, 3.63) is 24.3 Å². The fraction of sp³-hybridized carbons (Fsp3) is 0.667. The van der Waals surface area contributed by atoms with Crippen LogP contribution >= 0.6 is 0 Å². The summed E-state index contributed by atoms with van der Waals surface area (Å²) >= 11 is 0. The van der Waals surface area contributed by atoms with Gasteiger partial charge in [0.1, 0.15) is 5.78 Å². The van der Waals surface area contributed by atoms with Gasteiger partial charge in [-0.3, -0.25) is 4.79 Å². The normalized spacial score (nSPS) is 42.9. The van der Waals surface area contributed by atoms with Crippen LogP contribution < -0.4 is 0 Å². The minimum atomic E-state index is -0.110. The third-order valence-corrected chi connectivity index (χ3v) is 4.94. The highest BCUT2D eigenvalue weighted by atomic mass is 16.1. The molecule has 2 aliphatic carbocycles. The van der Waals surface area contributed by atoms with Crippen LogP contribution in [0.3, 0.4) is 0 Å². The molecule has 0 aromatic carbocycles. The number of ketones is 1. The van der Waals surface area contributed by atoms with Gasteiger partial charge >= 0.3 is 0 Å². The van der Waals surface area contributed by atoms with Gasteiger partial charge in [-0.2, -0.15) is 0 Å². The van der Waals surface area contributed by atoms with Crippen LogP contribution in [-0.4, -0.2) is 5.78 Å². The summed E-state index contributed by atoms with van der Waals surface area (Å²) in [5.41, 5.74) is 1.07. The summed E-state index contributed by atoms with van der Waals surface area (Å²) in [4.78, 5) is 12.4. The second kappa shape index (κ2) is 3.87. The van der Waals surface area contributed by atoms with Gasteiger partial charge < -0.3 is 0 Å². The van der Waals surface area contributed by atoms with E-state index in [2.05, 4.69) is 39.5 Å². The number of Topliss-reactive ketones (excluding diaryl/α,β-unsaturated/α-hetero) is 1. The smallest absolute Gasteiger partial charge is 0.140 e. The first-order valence-corrected chi connectivity index (χ1v) is 6.31. The van der Waals surface area contributed by atoms with E-state index in [1.165, 1.54) is 5.57 Å². The van der Waals surface area contributed by atoms with E-state index in [-0.39, 0.29) is 5.41 Å². The van der Waals surface area contributed by atoms with E-state index in [4.69, 9.17) is 0 Å². The van der Waals surface area contributed by atoms with Crippen LogP contribution in [0.15, 0.2) is 24.3 Å². The number of carbonyl (C=O) groups is 1. The first kappa shape index (κ1) is 11.6. The molecule has 0 N–H and O–H groups in total. The Morgan fingerprint density at radius 3 is 2.88 bits per heavy atom. The quantitative estimate of drug-likeness (QED) is 0.612. The summed E-state index contributed by atoms with van der Waals surface area (Å²) < 4.78 is 0. The lowest BCUT2D eigenvalue weighted by Gasteiger charge is -2.48. The van der Waals surface area contributed by atoms with Gasteiger partial charge in [-0.25, -0.2) is 0 Å². The van der Waals surface area contributed by atoms with E-state index in [1.54, 1.807) is 0 Å². The zero-order valence-corrected chi connectivity index (χ0v) is 10.6. The molecule has 0 radical (unpaired) electrons. The molecule has 0 aromatic heterocycles. The Labute approximate surface area is 98.6 Å². The van der Waals surface area contributed by atoms with Crippen molar-refractivity contribution in [1.82, 2.24) is 0 Å². The van der Waals surface area contributed by atoms with Crippen LogP contribution in [0.2, 0.25) is 0 Å². The highest BCUT2D eigenvalue weighted by molar-refractivity contribution is 5.87. The van der Waals surface area contributed by atoms with Crippen molar-refractivity contribution in [3.63, 3.8) is 0 Å². The summed E-state index contributed by atoms with van der Waals surface area (Å²) in [6, 6.07) is 0. The van der Waals surface area contributed by atoms with Gasteiger partial charge in [-0.1, -0.05) is 38.2 Å². The van der Waals surface area contributed by atoms with E-state index < -0.39 is 0 Å². The van der Waals surface area contributed by atoms with Crippen molar-refractivity contribution in [3.8, 4) is 0 Å². The maximum atomic E-state index is 12.4. The Kier molecular flexibility index (Phi) is 2.81. The molecule has 1 heteroatoms.